The molecule has 1 fully saturated rings. The van der Waals surface area contributed by atoms with Crippen LogP contribution in [0.1, 0.15) is 37.8 Å². The van der Waals surface area contributed by atoms with Crippen LogP contribution in [0.3, 0.4) is 0 Å². The predicted molar refractivity (Wildman–Crippen MR) is 80.8 cm³/mol. The number of hydrogen-bond donors (Lipinski definition) is 1. The summed E-state index contributed by atoms with van der Waals surface area (Å²) in [5, 5.41) is 3.62. The van der Waals surface area contributed by atoms with Crippen molar-refractivity contribution in [1.82, 2.24) is 10.2 Å². The maximum atomic E-state index is 3.62. The molecule has 1 heterocycles. The summed E-state index contributed by atoms with van der Waals surface area (Å²) in [6, 6.07) is 9.75. The first-order valence-electron chi connectivity index (χ1n) is 6.86. The molecule has 0 amide bonds. The van der Waals surface area contributed by atoms with E-state index in [1.54, 1.807) is 0 Å². The van der Waals surface area contributed by atoms with E-state index in [-0.39, 0.29) is 0 Å². The molecule has 1 saturated heterocycles. The molecule has 2 unspecified atom stereocenters. The summed E-state index contributed by atoms with van der Waals surface area (Å²) in [5.74, 6) is 0. The summed E-state index contributed by atoms with van der Waals surface area (Å²) in [6.07, 6.45) is 4.02. The predicted octanol–water partition coefficient (Wildman–Crippen LogP) is 3.58. The minimum atomic E-state index is 0.464. The van der Waals surface area contributed by atoms with Crippen molar-refractivity contribution in [3.05, 3.63) is 34.3 Å². The van der Waals surface area contributed by atoms with Crippen LogP contribution in [0, 0.1) is 0 Å². The fourth-order valence-electron chi connectivity index (χ4n) is 2.61. The van der Waals surface area contributed by atoms with Crippen molar-refractivity contribution in [2.24, 2.45) is 0 Å². The number of piperidine rings is 1. The van der Waals surface area contributed by atoms with E-state index >= 15 is 0 Å². The van der Waals surface area contributed by atoms with Gasteiger partial charge in [0.05, 0.1) is 0 Å². The van der Waals surface area contributed by atoms with Gasteiger partial charge in [0, 0.05) is 23.1 Å². The lowest BCUT2D eigenvalue weighted by molar-refractivity contribution is 0.214. The van der Waals surface area contributed by atoms with Gasteiger partial charge >= 0.3 is 0 Å². The Morgan fingerprint density at radius 2 is 2.28 bits per heavy atom. The summed E-state index contributed by atoms with van der Waals surface area (Å²) in [4.78, 5) is 2.45. The van der Waals surface area contributed by atoms with E-state index < -0.39 is 0 Å². The number of hydrogen-bond acceptors (Lipinski definition) is 2. The van der Waals surface area contributed by atoms with Crippen LogP contribution in [0.5, 0.6) is 0 Å². The van der Waals surface area contributed by atoms with Crippen LogP contribution in [0.25, 0.3) is 0 Å². The molecule has 0 aliphatic carbocycles. The molecule has 0 saturated carbocycles. The van der Waals surface area contributed by atoms with Crippen molar-refractivity contribution in [1.29, 1.82) is 0 Å². The fraction of sp³-hybridized carbons (Fsp3) is 0.600. The molecular formula is C15H23BrN2. The number of benzene rings is 1. The third kappa shape index (κ3) is 3.81. The molecule has 2 nitrogen and oxygen atoms in total. The Morgan fingerprint density at radius 3 is 2.94 bits per heavy atom. The average molecular weight is 311 g/mol. The maximum absolute atomic E-state index is 3.62. The van der Waals surface area contributed by atoms with E-state index in [9.17, 15) is 0 Å². The summed E-state index contributed by atoms with van der Waals surface area (Å²) in [6.45, 7) is 4.60. The zero-order valence-corrected chi connectivity index (χ0v) is 12.9. The molecule has 1 aromatic carbocycles. The zero-order chi connectivity index (χ0) is 13.0. The number of halogens is 1. The second kappa shape index (κ2) is 6.69. The first-order chi connectivity index (χ1) is 8.66. The lowest BCUT2D eigenvalue weighted by Crippen LogP contribution is -2.43. The zero-order valence-electron chi connectivity index (χ0n) is 11.3. The lowest BCUT2D eigenvalue weighted by Gasteiger charge is -2.32. The van der Waals surface area contributed by atoms with E-state index in [1.165, 1.54) is 31.4 Å². The normalized spacial score (nSPS) is 22.1. The minimum Gasteiger partial charge on any atom is -0.313 e. The van der Waals surface area contributed by atoms with Crippen molar-refractivity contribution < 1.29 is 0 Å². The molecule has 0 radical (unpaired) electrons. The van der Waals surface area contributed by atoms with Crippen LogP contribution >= 0.6 is 15.9 Å². The van der Waals surface area contributed by atoms with Crippen molar-refractivity contribution in [2.75, 3.05) is 20.1 Å². The van der Waals surface area contributed by atoms with Crippen molar-refractivity contribution in [3.8, 4) is 0 Å². The SMILES string of the molecule is CC(c1cccc(Br)c1)N(C)CC1CCCCN1. The Bertz CT molecular complexity index is 375. The molecule has 2 rings (SSSR count). The smallest absolute Gasteiger partial charge is 0.0317 e. The average Bonchev–Trinajstić information content (AvgIpc) is 2.39. The molecule has 1 N–H and O–H groups in total. The van der Waals surface area contributed by atoms with Gasteiger partial charge in [-0.05, 0) is 51.1 Å². The third-order valence-corrected chi connectivity index (χ3v) is 4.41. The molecule has 1 aromatic rings. The largest absolute Gasteiger partial charge is 0.313 e. The Morgan fingerprint density at radius 1 is 1.44 bits per heavy atom. The van der Waals surface area contributed by atoms with Crippen LogP contribution in [-0.4, -0.2) is 31.1 Å². The van der Waals surface area contributed by atoms with Gasteiger partial charge in [0.15, 0.2) is 0 Å². The molecule has 18 heavy (non-hydrogen) atoms. The van der Waals surface area contributed by atoms with Crippen molar-refractivity contribution in [2.45, 2.75) is 38.3 Å². The second-order valence-electron chi connectivity index (χ2n) is 5.32. The van der Waals surface area contributed by atoms with Gasteiger partial charge in [0.2, 0.25) is 0 Å². The Labute approximate surface area is 119 Å². The maximum Gasteiger partial charge on any atom is 0.0317 e. The number of nitrogens with zero attached hydrogens (tertiary/aromatic N) is 1. The number of nitrogens with one attached hydrogen (secondary N) is 1. The first-order valence-corrected chi connectivity index (χ1v) is 7.65. The van der Waals surface area contributed by atoms with Crippen molar-refractivity contribution >= 4 is 15.9 Å². The van der Waals surface area contributed by atoms with Gasteiger partial charge in [-0.3, -0.25) is 4.90 Å². The first kappa shape index (κ1) is 14.0. The van der Waals surface area contributed by atoms with E-state index in [0.29, 0.717) is 12.1 Å². The standard InChI is InChI=1S/C15H23BrN2/c1-12(13-6-5-7-14(16)10-13)18(2)11-15-8-3-4-9-17-15/h5-7,10,12,15,17H,3-4,8-9,11H2,1-2H3. The highest BCUT2D eigenvalue weighted by molar-refractivity contribution is 9.10. The van der Waals surface area contributed by atoms with Crippen molar-refractivity contribution in [3.63, 3.8) is 0 Å². The summed E-state index contributed by atoms with van der Waals surface area (Å²) < 4.78 is 1.16. The Hall–Kier alpha value is -0.380. The van der Waals surface area contributed by atoms with Gasteiger partial charge in [-0.15, -0.1) is 0 Å². The lowest BCUT2D eigenvalue weighted by atomic mass is 10.0. The molecule has 3 heteroatoms. The molecule has 1 aliphatic rings. The van der Waals surface area contributed by atoms with Crippen LogP contribution in [-0.2, 0) is 0 Å². The van der Waals surface area contributed by atoms with Crippen LogP contribution in [0.2, 0.25) is 0 Å². The quantitative estimate of drug-likeness (QED) is 0.914. The van der Waals surface area contributed by atoms with Gasteiger partial charge in [-0.1, -0.05) is 34.5 Å². The van der Waals surface area contributed by atoms with Crippen LogP contribution in [0.15, 0.2) is 28.7 Å². The van der Waals surface area contributed by atoms with Gasteiger partial charge in [-0.2, -0.15) is 0 Å². The van der Waals surface area contributed by atoms with Crippen LogP contribution < -0.4 is 5.32 Å². The highest BCUT2D eigenvalue weighted by atomic mass is 79.9. The Balaban J connectivity index is 1.93. The molecule has 0 spiro atoms. The van der Waals surface area contributed by atoms with E-state index in [4.69, 9.17) is 0 Å². The molecular weight excluding hydrogens is 288 g/mol. The number of rotatable bonds is 4. The Kier molecular flexibility index (Phi) is 5.22. The second-order valence-corrected chi connectivity index (χ2v) is 6.23. The molecule has 100 valence electrons. The fourth-order valence-corrected chi connectivity index (χ4v) is 3.02. The third-order valence-electron chi connectivity index (χ3n) is 3.91. The number of likely N-dealkylation sites (N-methyl/N-ethyl adjacent to an activating group) is 1. The van der Waals surface area contributed by atoms with E-state index in [0.717, 1.165) is 11.0 Å². The molecule has 1 aliphatic heterocycles. The van der Waals surface area contributed by atoms with Gasteiger partial charge in [0.1, 0.15) is 0 Å². The van der Waals surface area contributed by atoms with E-state index in [1.807, 2.05) is 0 Å². The monoisotopic (exact) mass is 310 g/mol. The summed E-state index contributed by atoms with van der Waals surface area (Å²) >= 11 is 3.55. The van der Waals surface area contributed by atoms with Gasteiger partial charge in [-0.25, -0.2) is 0 Å². The minimum absolute atomic E-state index is 0.464. The summed E-state index contributed by atoms with van der Waals surface area (Å²) in [7, 11) is 2.22. The van der Waals surface area contributed by atoms with Gasteiger partial charge in [0.25, 0.3) is 0 Å². The topological polar surface area (TPSA) is 15.3 Å². The molecule has 0 bridgehead atoms. The van der Waals surface area contributed by atoms with Crippen LogP contribution in [0.4, 0.5) is 0 Å². The summed E-state index contributed by atoms with van der Waals surface area (Å²) in [5.41, 5.74) is 1.38. The van der Waals surface area contributed by atoms with E-state index in [2.05, 4.69) is 64.4 Å². The highest BCUT2D eigenvalue weighted by Gasteiger charge is 2.18. The molecule has 0 aromatic heterocycles. The highest BCUT2D eigenvalue weighted by Crippen LogP contribution is 2.22. The van der Waals surface area contributed by atoms with Gasteiger partial charge < -0.3 is 5.32 Å². The molecule has 2 atom stereocenters.